The molecule has 2 N–H and O–H groups in total. The molecule has 0 fully saturated rings. The summed E-state index contributed by atoms with van der Waals surface area (Å²) in [5.41, 5.74) is 3.15. The molecular formula is C23H15ClN2O4S. The van der Waals surface area contributed by atoms with Gasteiger partial charge in [0.05, 0.1) is 16.8 Å². The molecule has 0 radical (unpaired) electrons. The Morgan fingerprint density at radius 3 is 2.45 bits per heavy atom. The highest BCUT2D eigenvalue weighted by atomic mass is 35.5. The largest absolute Gasteiger partial charge is 0.507 e. The monoisotopic (exact) mass is 450 g/mol. The van der Waals surface area contributed by atoms with Crippen LogP contribution in [0.15, 0.2) is 77.9 Å². The minimum absolute atomic E-state index is 0.125. The summed E-state index contributed by atoms with van der Waals surface area (Å²) in [5.74, 6) is -0.823. The van der Waals surface area contributed by atoms with Gasteiger partial charge in [0.15, 0.2) is 0 Å². The Hall–Kier alpha value is -3.68. The Balaban J connectivity index is 1.39. The topological polar surface area (TPSA) is 88.0 Å². The number of fused-ring (bicyclic) bond motifs is 1. The first-order chi connectivity index (χ1) is 15.0. The van der Waals surface area contributed by atoms with Crippen LogP contribution in [0, 0.1) is 0 Å². The van der Waals surface area contributed by atoms with Gasteiger partial charge in [-0.25, -0.2) is 10.2 Å². The average molecular weight is 451 g/mol. The number of nitrogens with zero attached hydrogens (tertiary/aromatic N) is 1. The molecule has 4 aromatic rings. The van der Waals surface area contributed by atoms with Crippen LogP contribution in [0.2, 0.25) is 5.02 Å². The van der Waals surface area contributed by atoms with Crippen molar-refractivity contribution in [3.63, 3.8) is 0 Å². The predicted octanol–water partition coefficient (Wildman–Crippen LogP) is 5.24. The Bertz CT molecular complexity index is 1300. The molecule has 6 nitrogen and oxygen atoms in total. The van der Waals surface area contributed by atoms with Crippen LogP contribution in [0.5, 0.6) is 11.5 Å². The number of hydrogen-bond donors (Lipinski definition) is 2. The van der Waals surface area contributed by atoms with Crippen LogP contribution in [0.25, 0.3) is 10.1 Å². The van der Waals surface area contributed by atoms with Crippen molar-refractivity contribution in [3.8, 4) is 11.5 Å². The third-order valence-corrected chi connectivity index (χ3v) is 5.99. The number of esters is 1. The molecule has 31 heavy (non-hydrogen) atoms. The summed E-state index contributed by atoms with van der Waals surface area (Å²) in [6, 6.07) is 20.3. The molecule has 0 saturated heterocycles. The zero-order chi connectivity index (χ0) is 21.8. The number of nitrogens with one attached hydrogen (secondary N) is 1. The number of rotatable bonds is 5. The number of benzene rings is 3. The average Bonchev–Trinajstić information content (AvgIpc) is 3.12. The first kappa shape index (κ1) is 20.6. The molecule has 0 atom stereocenters. The molecule has 0 saturated carbocycles. The first-order valence-electron chi connectivity index (χ1n) is 9.13. The van der Waals surface area contributed by atoms with E-state index in [1.807, 2.05) is 24.3 Å². The SMILES string of the molecule is O=C(N/N=C\c1ccc(OC(=O)c2sc3ccccc3c2Cl)cc1)c1ccccc1O. The Morgan fingerprint density at radius 1 is 1.00 bits per heavy atom. The van der Waals surface area contributed by atoms with Crippen molar-refractivity contribution >= 4 is 51.1 Å². The summed E-state index contributed by atoms with van der Waals surface area (Å²) in [4.78, 5) is 24.9. The molecule has 4 rings (SSSR count). The molecule has 0 bridgehead atoms. The second-order valence-electron chi connectivity index (χ2n) is 6.42. The van der Waals surface area contributed by atoms with Gasteiger partial charge in [0.25, 0.3) is 5.91 Å². The minimum atomic E-state index is -0.528. The van der Waals surface area contributed by atoms with Gasteiger partial charge in [0, 0.05) is 10.1 Å². The van der Waals surface area contributed by atoms with E-state index in [2.05, 4.69) is 10.5 Å². The normalized spacial score (nSPS) is 11.0. The van der Waals surface area contributed by atoms with Crippen molar-refractivity contribution in [2.24, 2.45) is 5.10 Å². The number of carbonyl (C=O) groups is 2. The predicted molar refractivity (Wildman–Crippen MR) is 121 cm³/mol. The smallest absolute Gasteiger partial charge is 0.355 e. The standard InChI is InChI=1S/C23H15ClN2O4S/c24-20-17-6-2-4-8-19(17)31-21(20)23(29)30-15-11-9-14(10-12-15)13-25-26-22(28)16-5-1-3-7-18(16)27/h1-13,27H,(H,26,28)/b25-13-. The number of thiophene rings is 1. The van der Waals surface area contributed by atoms with Crippen LogP contribution in [-0.4, -0.2) is 23.2 Å². The second kappa shape index (κ2) is 8.99. The lowest BCUT2D eigenvalue weighted by atomic mass is 10.2. The number of hydrazone groups is 1. The Kier molecular flexibility index (Phi) is 5.97. The van der Waals surface area contributed by atoms with Gasteiger partial charge < -0.3 is 9.84 Å². The van der Waals surface area contributed by atoms with E-state index >= 15 is 0 Å². The van der Waals surface area contributed by atoms with Gasteiger partial charge in [-0.05, 0) is 48.0 Å². The number of hydrogen-bond acceptors (Lipinski definition) is 6. The summed E-state index contributed by atoms with van der Waals surface area (Å²) < 4.78 is 6.34. The van der Waals surface area contributed by atoms with Crippen molar-refractivity contribution in [3.05, 3.63) is 93.8 Å². The van der Waals surface area contributed by atoms with Crippen molar-refractivity contribution in [1.82, 2.24) is 5.43 Å². The molecule has 1 aromatic heterocycles. The third-order valence-electron chi connectivity index (χ3n) is 4.34. The molecule has 0 unspecified atom stereocenters. The lowest BCUT2D eigenvalue weighted by Crippen LogP contribution is -2.17. The number of carbonyl (C=O) groups excluding carboxylic acids is 2. The first-order valence-corrected chi connectivity index (χ1v) is 10.3. The van der Waals surface area contributed by atoms with E-state index < -0.39 is 11.9 Å². The number of para-hydroxylation sites is 1. The summed E-state index contributed by atoms with van der Waals surface area (Å²) in [6.45, 7) is 0. The van der Waals surface area contributed by atoms with E-state index in [0.29, 0.717) is 21.2 Å². The molecular weight excluding hydrogens is 436 g/mol. The summed E-state index contributed by atoms with van der Waals surface area (Å²) in [6.07, 6.45) is 1.44. The van der Waals surface area contributed by atoms with Crippen molar-refractivity contribution in [1.29, 1.82) is 0 Å². The maximum absolute atomic E-state index is 12.5. The van der Waals surface area contributed by atoms with Crippen LogP contribution in [0.3, 0.4) is 0 Å². The lowest BCUT2D eigenvalue weighted by Gasteiger charge is -2.04. The van der Waals surface area contributed by atoms with Crippen molar-refractivity contribution < 1.29 is 19.4 Å². The third kappa shape index (κ3) is 4.58. The molecule has 1 amide bonds. The van der Waals surface area contributed by atoms with Crippen molar-refractivity contribution in [2.75, 3.05) is 0 Å². The van der Waals surface area contributed by atoms with Crippen LogP contribution in [0.1, 0.15) is 25.6 Å². The fourth-order valence-electron chi connectivity index (χ4n) is 2.81. The maximum atomic E-state index is 12.5. The molecule has 8 heteroatoms. The molecule has 0 spiro atoms. The highest BCUT2D eigenvalue weighted by Crippen LogP contribution is 2.35. The Morgan fingerprint density at radius 2 is 1.71 bits per heavy atom. The van der Waals surface area contributed by atoms with E-state index in [9.17, 15) is 14.7 Å². The molecule has 1 heterocycles. The molecule has 3 aromatic carbocycles. The van der Waals surface area contributed by atoms with Crippen LogP contribution in [0.4, 0.5) is 0 Å². The van der Waals surface area contributed by atoms with Crippen LogP contribution in [-0.2, 0) is 0 Å². The number of amides is 1. The van der Waals surface area contributed by atoms with Gasteiger partial charge in [-0.2, -0.15) is 5.10 Å². The number of phenols is 1. The van der Waals surface area contributed by atoms with E-state index in [1.165, 1.54) is 29.7 Å². The number of halogens is 1. The van der Waals surface area contributed by atoms with Gasteiger partial charge in [-0.1, -0.05) is 41.9 Å². The highest BCUT2D eigenvalue weighted by Gasteiger charge is 2.18. The van der Waals surface area contributed by atoms with Crippen LogP contribution < -0.4 is 10.2 Å². The van der Waals surface area contributed by atoms with Gasteiger partial charge in [-0.15, -0.1) is 11.3 Å². The fourth-order valence-corrected chi connectivity index (χ4v) is 4.20. The lowest BCUT2D eigenvalue weighted by molar-refractivity contribution is 0.0739. The molecule has 0 aliphatic heterocycles. The number of aromatic hydroxyl groups is 1. The summed E-state index contributed by atoms with van der Waals surface area (Å²) in [7, 11) is 0. The van der Waals surface area contributed by atoms with E-state index in [0.717, 1.165) is 10.1 Å². The van der Waals surface area contributed by atoms with Gasteiger partial charge in [0.2, 0.25) is 0 Å². The van der Waals surface area contributed by atoms with Crippen molar-refractivity contribution in [2.45, 2.75) is 0 Å². The fraction of sp³-hybridized carbons (Fsp3) is 0. The zero-order valence-electron chi connectivity index (χ0n) is 15.9. The van der Waals surface area contributed by atoms with Crippen LogP contribution >= 0.6 is 22.9 Å². The molecule has 0 aliphatic carbocycles. The van der Waals surface area contributed by atoms with E-state index in [-0.39, 0.29) is 11.3 Å². The minimum Gasteiger partial charge on any atom is -0.507 e. The van der Waals surface area contributed by atoms with Gasteiger partial charge in [0.1, 0.15) is 16.4 Å². The van der Waals surface area contributed by atoms with Gasteiger partial charge >= 0.3 is 5.97 Å². The number of phenolic OH excluding ortho intramolecular Hbond substituents is 1. The second-order valence-corrected chi connectivity index (χ2v) is 7.85. The molecule has 0 aliphatic rings. The summed E-state index contributed by atoms with van der Waals surface area (Å²) >= 11 is 7.60. The molecule has 154 valence electrons. The maximum Gasteiger partial charge on any atom is 0.355 e. The zero-order valence-corrected chi connectivity index (χ0v) is 17.5. The highest BCUT2D eigenvalue weighted by molar-refractivity contribution is 7.21. The number of ether oxygens (including phenoxy) is 1. The van der Waals surface area contributed by atoms with Gasteiger partial charge in [-0.3, -0.25) is 4.79 Å². The van der Waals surface area contributed by atoms with E-state index in [4.69, 9.17) is 16.3 Å². The van der Waals surface area contributed by atoms with E-state index in [1.54, 1.807) is 36.4 Å². The quantitative estimate of drug-likeness (QED) is 0.188. The summed E-state index contributed by atoms with van der Waals surface area (Å²) in [5, 5.41) is 14.8. The Labute approximate surface area is 186 Å².